The summed E-state index contributed by atoms with van der Waals surface area (Å²) >= 11 is 0. The number of nitrogens with zero attached hydrogens (tertiary/aromatic N) is 2. The van der Waals surface area contributed by atoms with E-state index >= 15 is 0 Å². The summed E-state index contributed by atoms with van der Waals surface area (Å²) in [6.07, 6.45) is 4.83. The van der Waals surface area contributed by atoms with Crippen molar-refractivity contribution in [2.45, 2.75) is 26.3 Å². The molecule has 1 N–H and O–H groups in total. The lowest BCUT2D eigenvalue weighted by molar-refractivity contribution is -0.116. The number of hydrogen-bond donors (Lipinski definition) is 1. The van der Waals surface area contributed by atoms with Gasteiger partial charge in [-0.05, 0) is 30.7 Å². The van der Waals surface area contributed by atoms with Crippen LogP contribution in [-0.2, 0) is 4.79 Å². The molecule has 0 spiro atoms. The monoisotopic (exact) mass is 299 g/mol. The quantitative estimate of drug-likeness (QED) is 0.931. The standard InChI is InChI=1S/C17H21N3O2/c1-3-20(12(2)21)15-4-5-17-16(9-15)13(6-7-22-17)8-14-10-18-11-19-14/h4-5,8-9,11,14H,3,6-7,10H2,1-2H3,(H,18,19)/b13-8+. The van der Waals surface area contributed by atoms with Crippen LogP contribution >= 0.6 is 0 Å². The van der Waals surface area contributed by atoms with Crippen molar-refractivity contribution in [2.24, 2.45) is 4.99 Å². The Morgan fingerprint density at radius 3 is 3.09 bits per heavy atom. The second-order valence-electron chi connectivity index (χ2n) is 5.49. The molecule has 22 heavy (non-hydrogen) atoms. The van der Waals surface area contributed by atoms with E-state index in [9.17, 15) is 4.79 Å². The van der Waals surface area contributed by atoms with Crippen LogP contribution in [0.1, 0.15) is 25.8 Å². The fraction of sp³-hybridized carbons (Fsp3) is 0.412. The third kappa shape index (κ3) is 2.84. The molecular weight excluding hydrogens is 278 g/mol. The first-order valence-electron chi connectivity index (χ1n) is 7.70. The molecule has 5 nitrogen and oxygen atoms in total. The first-order chi connectivity index (χ1) is 10.7. The van der Waals surface area contributed by atoms with E-state index in [-0.39, 0.29) is 11.9 Å². The van der Waals surface area contributed by atoms with Crippen LogP contribution in [0.5, 0.6) is 5.75 Å². The summed E-state index contributed by atoms with van der Waals surface area (Å²) in [7, 11) is 0. The first-order valence-corrected chi connectivity index (χ1v) is 7.70. The van der Waals surface area contributed by atoms with Gasteiger partial charge in [-0.15, -0.1) is 0 Å². The average molecular weight is 299 g/mol. The van der Waals surface area contributed by atoms with Crippen LogP contribution in [0.25, 0.3) is 5.57 Å². The zero-order valence-electron chi connectivity index (χ0n) is 13.0. The van der Waals surface area contributed by atoms with Crippen molar-refractivity contribution >= 4 is 23.5 Å². The van der Waals surface area contributed by atoms with E-state index in [0.717, 1.165) is 30.0 Å². The molecule has 116 valence electrons. The zero-order valence-corrected chi connectivity index (χ0v) is 13.0. The molecular formula is C17H21N3O2. The minimum absolute atomic E-state index is 0.0503. The van der Waals surface area contributed by atoms with Gasteiger partial charge in [0.2, 0.25) is 5.91 Å². The molecule has 0 bridgehead atoms. The van der Waals surface area contributed by atoms with Crippen molar-refractivity contribution in [1.82, 2.24) is 5.32 Å². The second kappa shape index (κ2) is 6.22. The summed E-state index contributed by atoms with van der Waals surface area (Å²) in [6, 6.07) is 6.14. The molecule has 0 saturated heterocycles. The molecule has 0 aliphatic carbocycles. The fourth-order valence-electron chi connectivity index (χ4n) is 2.94. The Morgan fingerprint density at radius 2 is 2.41 bits per heavy atom. The van der Waals surface area contributed by atoms with Gasteiger partial charge in [-0.25, -0.2) is 0 Å². The SMILES string of the molecule is CCN(C(C)=O)c1ccc2c(c1)/C(=C/C1CNC=N1)CCO2. The van der Waals surface area contributed by atoms with Crippen molar-refractivity contribution in [3.63, 3.8) is 0 Å². The second-order valence-corrected chi connectivity index (χ2v) is 5.49. The lowest BCUT2D eigenvalue weighted by Crippen LogP contribution is -2.28. The number of rotatable bonds is 3. The smallest absolute Gasteiger partial charge is 0.223 e. The van der Waals surface area contributed by atoms with Crippen LogP contribution in [-0.4, -0.2) is 38.0 Å². The Balaban J connectivity index is 1.97. The summed E-state index contributed by atoms with van der Waals surface area (Å²) in [6.45, 7) is 5.76. The number of ether oxygens (including phenoxy) is 1. The number of nitrogens with one attached hydrogen (secondary N) is 1. The molecule has 1 aromatic carbocycles. The van der Waals surface area contributed by atoms with Crippen LogP contribution in [0.15, 0.2) is 29.3 Å². The van der Waals surface area contributed by atoms with Gasteiger partial charge in [0.1, 0.15) is 5.75 Å². The van der Waals surface area contributed by atoms with Crippen LogP contribution in [0.4, 0.5) is 5.69 Å². The van der Waals surface area contributed by atoms with E-state index in [1.165, 1.54) is 5.57 Å². The van der Waals surface area contributed by atoms with Crippen molar-refractivity contribution in [1.29, 1.82) is 0 Å². The topological polar surface area (TPSA) is 53.9 Å². The molecule has 2 aliphatic heterocycles. The van der Waals surface area contributed by atoms with Gasteiger partial charge >= 0.3 is 0 Å². The highest BCUT2D eigenvalue weighted by Gasteiger charge is 2.20. The Morgan fingerprint density at radius 1 is 1.55 bits per heavy atom. The minimum Gasteiger partial charge on any atom is -0.493 e. The Hall–Kier alpha value is -2.30. The predicted octanol–water partition coefficient (Wildman–Crippen LogP) is 2.23. The fourth-order valence-corrected chi connectivity index (χ4v) is 2.94. The van der Waals surface area contributed by atoms with E-state index in [0.29, 0.717) is 13.2 Å². The van der Waals surface area contributed by atoms with Gasteiger partial charge < -0.3 is 15.0 Å². The van der Waals surface area contributed by atoms with Crippen LogP contribution in [0, 0.1) is 0 Å². The van der Waals surface area contributed by atoms with E-state index in [1.807, 2.05) is 19.1 Å². The Kier molecular flexibility index (Phi) is 4.13. The Labute approximate surface area is 130 Å². The lowest BCUT2D eigenvalue weighted by atomic mass is 9.97. The molecule has 0 fully saturated rings. The maximum absolute atomic E-state index is 11.8. The van der Waals surface area contributed by atoms with Crippen molar-refractivity contribution in [2.75, 3.05) is 24.6 Å². The van der Waals surface area contributed by atoms with E-state index < -0.39 is 0 Å². The average Bonchev–Trinajstić information content (AvgIpc) is 3.01. The van der Waals surface area contributed by atoms with Gasteiger partial charge in [-0.1, -0.05) is 6.08 Å². The summed E-state index contributed by atoms with van der Waals surface area (Å²) in [5.41, 5.74) is 3.23. The maximum atomic E-state index is 11.8. The number of amides is 1. The molecule has 2 heterocycles. The van der Waals surface area contributed by atoms with Crippen LogP contribution < -0.4 is 15.0 Å². The number of carbonyl (C=O) groups is 1. The molecule has 1 unspecified atom stereocenters. The van der Waals surface area contributed by atoms with Crippen LogP contribution in [0.3, 0.4) is 0 Å². The molecule has 3 rings (SSSR count). The van der Waals surface area contributed by atoms with E-state index in [1.54, 1.807) is 18.2 Å². The maximum Gasteiger partial charge on any atom is 0.223 e. The summed E-state index contributed by atoms with van der Waals surface area (Å²) in [4.78, 5) is 17.9. The largest absolute Gasteiger partial charge is 0.493 e. The highest BCUT2D eigenvalue weighted by molar-refractivity contribution is 5.92. The highest BCUT2D eigenvalue weighted by Crippen LogP contribution is 2.36. The van der Waals surface area contributed by atoms with Crippen molar-refractivity contribution in [3.8, 4) is 5.75 Å². The van der Waals surface area contributed by atoms with Gasteiger partial charge in [-0.3, -0.25) is 9.79 Å². The van der Waals surface area contributed by atoms with Gasteiger partial charge in [0.05, 0.1) is 19.0 Å². The summed E-state index contributed by atoms with van der Waals surface area (Å²) in [5.74, 6) is 0.935. The number of hydrogen-bond acceptors (Lipinski definition) is 4. The van der Waals surface area contributed by atoms with Gasteiger partial charge in [0.15, 0.2) is 0 Å². The van der Waals surface area contributed by atoms with E-state index in [2.05, 4.69) is 22.5 Å². The molecule has 1 amide bonds. The normalized spacial score (nSPS) is 21.2. The van der Waals surface area contributed by atoms with Gasteiger partial charge in [0.25, 0.3) is 0 Å². The third-order valence-corrected chi connectivity index (χ3v) is 4.02. The van der Waals surface area contributed by atoms with Gasteiger partial charge in [0, 0.05) is 37.7 Å². The minimum atomic E-state index is 0.0503. The Bertz CT molecular complexity index is 637. The summed E-state index contributed by atoms with van der Waals surface area (Å²) < 4.78 is 5.75. The number of benzene rings is 1. The van der Waals surface area contributed by atoms with Crippen molar-refractivity contribution in [3.05, 3.63) is 29.8 Å². The van der Waals surface area contributed by atoms with Crippen molar-refractivity contribution < 1.29 is 9.53 Å². The molecule has 2 aliphatic rings. The number of fused-ring (bicyclic) bond motifs is 1. The molecule has 1 atom stereocenters. The highest BCUT2D eigenvalue weighted by atomic mass is 16.5. The number of carbonyl (C=O) groups excluding carboxylic acids is 1. The molecule has 0 saturated carbocycles. The number of aliphatic imine (C=N–C) groups is 1. The predicted molar refractivity (Wildman–Crippen MR) is 88.5 cm³/mol. The van der Waals surface area contributed by atoms with Crippen LogP contribution in [0.2, 0.25) is 0 Å². The molecule has 0 aromatic heterocycles. The molecule has 1 aromatic rings. The first kappa shape index (κ1) is 14.6. The van der Waals surface area contributed by atoms with Gasteiger partial charge in [-0.2, -0.15) is 0 Å². The zero-order chi connectivity index (χ0) is 15.5. The number of anilines is 1. The lowest BCUT2D eigenvalue weighted by Gasteiger charge is -2.25. The summed E-state index contributed by atoms with van der Waals surface area (Å²) in [5, 5.41) is 3.12. The molecule has 0 radical (unpaired) electrons. The molecule has 5 heteroatoms. The third-order valence-electron chi connectivity index (χ3n) is 4.02. The van der Waals surface area contributed by atoms with E-state index in [4.69, 9.17) is 4.74 Å².